The van der Waals surface area contributed by atoms with E-state index in [1.807, 2.05) is 48.2 Å². The zero-order valence-corrected chi connectivity index (χ0v) is 19.5. The summed E-state index contributed by atoms with van der Waals surface area (Å²) < 4.78 is 11.5. The van der Waals surface area contributed by atoms with Gasteiger partial charge in [0.1, 0.15) is 30.2 Å². The minimum Gasteiger partial charge on any atom is -0.486 e. The highest BCUT2D eigenvalue weighted by Gasteiger charge is 2.35. The number of rotatable bonds is 3. The third-order valence-electron chi connectivity index (χ3n) is 6.03. The van der Waals surface area contributed by atoms with Gasteiger partial charge >= 0.3 is 0 Å². The maximum absolute atomic E-state index is 13.7. The molecule has 1 atom stereocenters. The molecule has 2 aromatic carbocycles. The molecule has 2 aromatic heterocycles. The molecule has 1 fully saturated rings. The van der Waals surface area contributed by atoms with Gasteiger partial charge in [-0.05, 0) is 49.6 Å². The Hall–Kier alpha value is -3.10. The number of carbonyl (C=O) groups excluding carboxylic acids is 1. The van der Waals surface area contributed by atoms with E-state index in [0.717, 1.165) is 45.1 Å². The van der Waals surface area contributed by atoms with E-state index in [4.69, 9.17) is 26.1 Å². The predicted molar refractivity (Wildman–Crippen MR) is 127 cm³/mol. The first kappa shape index (κ1) is 20.5. The fourth-order valence-corrected chi connectivity index (χ4v) is 5.68. The summed E-state index contributed by atoms with van der Waals surface area (Å²) in [5, 5.41) is 1.48. The molecule has 4 heterocycles. The van der Waals surface area contributed by atoms with Crippen molar-refractivity contribution in [2.24, 2.45) is 0 Å². The van der Waals surface area contributed by atoms with Crippen LogP contribution in [0.2, 0.25) is 5.02 Å². The number of benzene rings is 2. The molecule has 7 nitrogen and oxygen atoms in total. The Balaban J connectivity index is 1.36. The molecule has 0 spiro atoms. The number of imidazole rings is 1. The van der Waals surface area contributed by atoms with Crippen molar-refractivity contribution in [1.82, 2.24) is 19.9 Å². The van der Waals surface area contributed by atoms with Gasteiger partial charge in [-0.1, -0.05) is 23.7 Å². The van der Waals surface area contributed by atoms with Crippen LogP contribution in [0.1, 0.15) is 40.2 Å². The maximum atomic E-state index is 13.7. The third-order valence-corrected chi connectivity index (χ3v) is 7.29. The molecule has 1 N–H and O–H groups in total. The first-order valence-corrected chi connectivity index (χ1v) is 12.1. The van der Waals surface area contributed by atoms with E-state index in [-0.39, 0.29) is 11.9 Å². The molecule has 1 amide bonds. The summed E-state index contributed by atoms with van der Waals surface area (Å²) in [7, 11) is 0. The quantitative estimate of drug-likeness (QED) is 0.425. The Labute approximate surface area is 199 Å². The van der Waals surface area contributed by atoms with Gasteiger partial charge in [0.05, 0.1) is 21.4 Å². The number of thiazole rings is 1. The standard InChI is InChI=1S/C24H21ClN4O3S/c1-13-26-20(22(33-13)14-4-2-5-15(25)12-14)24(30)29-9-3-6-17(29)23-27-16-7-8-18-21(19(16)28-23)32-11-10-31-18/h2,4-5,7-8,12,17H,3,6,9-11H2,1H3,(H,27,28). The Kier molecular flexibility index (Phi) is 4.99. The van der Waals surface area contributed by atoms with E-state index >= 15 is 0 Å². The molecule has 4 aromatic rings. The van der Waals surface area contributed by atoms with Crippen molar-refractivity contribution in [1.29, 1.82) is 0 Å². The van der Waals surface area contributed by atoms with Crippen molar-refractivity contribution in [3.63, 3.8) is 0 Å². The molecule has 33 heavy (non-hydrogen) atoms. The van der Waals surface area contributed by atoms with E-state index in [2.05, 4.69) is 9.97 Å². The zero-order chi connectivity index (χ0) is 22.5. The van der Waals surface area contributed by atoms with E-state index in [1.165, 1.54) is 11.3 Å². The second-order valence-corrected chi connectivity index (χ2v) is 9.83. The second-order valence-electron chi connectivity index (χ2n) is 8.19. The Morgan fingerprint density at radius 1 is 1.21 bits per heavy atom. The summed E-state index contributed by atoms with van der Waals surface area (Å²) in [6.07, 6.45) is 1.74. The van der Waals surface area contributed by atoms with Gasteiger partial charge in [0.25, 0.3) is 5.91 Å². The van der Waals surface area contributed by atoms with Crippen molar-refractivity contribution in [2.75, 3.05) is 19.8 Å². The number of nitrogens with one attached hydrogen (secondary N) is 1. The average Bonchev–Trinajstić information content (AvgIpc) is 3.56. The second kappa shape index (κ2) is 8.04. The summed E-state index contributed by atoms with van der Waals surface area (Å²) in [5.41, 5.74) is 2.99. The number of carbonyl (C=O) groups is 1. The fraction of sp³-hybridized carbons (Fsp3) is 0.292. The van der Waals surface area contributed by atoms with Gasteiger partial charge in [0.15, 0.2) is 11.5 Å². The third kappa shape index (κ3) is 3.54. The number of ether oxygens (including phenoxy) is 2. The molecule has 9 heteroatoms. The minimum atomic E-state index is -0.153. The molecule has 2 aliphatic heterocycles. The average molecular weight is 481 g/mol. The number of hydrogen-bond acceptors (Lipinski definition) is 6. The van der Waals surface area contributed by atoms with Gasteiger partial charge in [-0.25, -0.2) is 9.97 Å². The highest BCUT2D eigenvalue weighted by molar-refractivity contribution is 7.15. The van der Waals surface area contributed by atoms with Gasteiger partial charge in [-0.3, -0.25) is 4.79 Å². The van der Waals surface area contributed by atoms with E-state index < -0.39 is 0 Å². The number of aromatic amines is 1. The Bertz CT molecular complexity index is 1380. The summed E-state index contributed by atoms with van der Waals surface area (Å²) in [5.74, 6) is 2.04. The normalized spacial score (nSPS) is 17.6. The molecule has 0 bridgehead atoms. The summed E-state index contributed by atoms with van der Waals surface area (Å²) in [6.45, 7) is 3.60. The topological polar surface area (TPSA) is 80.3 Å². The summed E-state index contributed by atoms with van der Waals surface area (Å²) in [4.78, 5) is 29.3. The molecule has 6 rings (SSSR count). The van der Waals surface area contributed by atoms with E-state index in [0.29, 0.717) is 42.0 Å². The van der Waals surface area contributed by atoms with Crippen LogP contribution in [0.4, 0.5) is 0 Å². The highest BCUT2D eigenvalue weighted by Crippen LogP contribution is 2.40. The molecular weight excluding hydrogens is 460 g/mol. The first-order valence-electron chi connectivity index (χ1n) is 10.9. The Morgan fingerprint density at radius 3 is 2.97 bits per heavy atom. The number of H-pyrrole nitrogens is 1. The zero-order valence-electron chi connectivity index (χ0n) is 17.9. The molecule has 2 aliphatic rings. The number of halogens is 1. The van der Waals surface area contributed by atoms with Gasteiger partial charge in [0, 0.05) is 11.6 Å². The van der Waals surface area contributed by atoms with E-state index in [9.17, 15) is 4.79 Å². The van der Waals surface area contributed by atoms with Crippen molar-refractivity contribution >= 4 is 39.9 Å². The van der Waals surface area contributed by atoms with Crippen LogP contribution >= 0.6 is 22.9 Å². The lowest BCUT2D eigenvalue weighted by atomic mass is 10.1. The number of aromatic nitrogens is 3. The van der Waals surface area contributed by atoms with Gasteiger partial charge in [-0.2, -0.15) is 0 Å². The van der Waals surface area contributed by atoms with Crippen molar-refractivity contribution < 1.29 is 14.3 Å². The fourth-order valence-electron chi connectivity index (χ4n) is 4.58. The van der Waals surface area contributed by atoms with Crippen molar-refractivity contribution in [3.8, 4) is 21.9 Å². The lowest BCUT2D eigenvalue weighted by Gasteiger charge is -2.23. The van der Waals surface area contributed by atoms with Crippen LogP contribution in [0.5, 0.6) is 11.5 Å². The number of fused-ring (bicyclic) bond motifs is 3. The molecule has 0 aliphatic carbocycles. The molecule has 1 saturated heterocycles. The first-order chi connectivity index (χ1) is 16.1. The summed E-state index contributed by atoms with van der Waals surface area (Å²) >= 11 is 7.72. The van der Waals surface area contributed by atoms with Gasteiger partial charge < -0.3 is 19.4 Å². The van der Waals surface area contributed by atoms with Gasteiger partial charge in [-0.15, -0.1) is 11.3 Å². The number of nitrogens with zero attached hydrogens (tertiary/aromatic N) is 3. The smallest absolute Gasteiger partial charge is 0.274 e. The number of amides is 1. The molecule has 0 radical (unpaired) electrons. The molecule has 0 saturated carbocycles. The number of hydrogen-bond donors (Lipinski definition) is 1. The largest absolute Gasteiger partial charge is 0.486 e. The monoisotopic (exact) mass is 480 g/mol. The summed E-state index contributed by atoms with van der Waals surface area (Å²) in [6, 6.07) is 11.2. The van der Waals surface area contributed by atoms with Gasteiger partial charge in [0.2, 0.25) is 0 Å². The van der Waals surface area contributed by atoms with Crippen molar-refractivity contribution in [2.45, 2.75) is 25.8 Å². The number of aryl methyl sites for hydroxylation is 1. The molecular formula is C24H21ClN4O3S. The van der Waals surface area contributed by atoms with Crippen LogP contribution in [-0.4, -0.2) is 45.5 Å². The predicted octanol–water partition coefficient (Wildman–Crippen LogP) is 5.40. The lowest BCUT2D eigenvalue weighted by molar-refractivity contribution is 0.0726. The minimum absolute atomic E-state index is 0.0844. The van der Waals surface area contributed by atoms with Crippen LogP contribution in [0.3, 0.4) is 0 Å². The molecule has 168 valence electrons. The van der Waals surface area contributed by atoms with E-state index in [1.54, 1.807) is 0 Å². The van der Waals surface area contributed by atoms with Crippen LogP contribution in [0.15, 0.2) is 36.4 Å². The lowest BCUT2D eigenvalue weighted by Crippen LogP contribution is -2.31. The SMILES string of the molecule is Cc1nc(C(=O)N2CCCC2c2nc3c4c(ccc3[nH]2)OCCO4)c(-c2cccc(Cl)c2)s1. The molecule has 1 unspecified atom stereocenters. The van der Waals surface area contributed by atoms with Crippen molar-refractivity contribution in [3.05, 3.63) is 57.9 Å². The van der Waals surface area contributed by atoms with Crippen LogP contribution in [0, 0.1) is 6.92 Å². The van der Waals surface area contributed by atoms with Crippen LogP contribution < -0.4 is 9.47 Å². The highest BCUT2D eigenvalue weighted by atomic mass is 35.5. The van der Waals surface area contributed by atoms with Crippen LogP contribution in [-0.2, 0) is 0 Å². The maximum Gasteiger partial charge on any atom is 0.274 e. The van der Waals surface area contributed by atoms with Crippen LogP contribution in [0.25, 0.3) is 21.5 Å². The number of likely N-dealkylation sites (tertiary alicyclic amines) is 1. The Morgan fingerprint density at radius 2 is 2.09 bits per heavy atom.